The van der Waals surface area contributed by atoms with Gasteiger partial charge in [0.25, 0.3) is 5.91 Å². The Bertz CT molecular complexity index is 1800. The number of rotatable bonds is 12. The first-order valence-electron chi connectivity index (χ1n) is 14.4. The van der Waals surface area contributed by atoms with Crippen molar-refractivity contribution in [2.45, 2.75) is 19.1 Å². The summed E-state index contributed by atoms with van der Waals surface area (Å²) < 4.78 is 18.3. The van der Waals surface area contributed by atoms with Gasteiger partial charge < -0.3 is 29.3 Å². The maximum Gasteiger partial charge on any atom is 0.251 e. The number of nitrogens with zero attached hydrogens (tertiary/aromatic N) is 5. The number of fused-ring (bicyclic) bond motifs is 1. The van der Waals surface area contributed by atoms with E-state index in [-0.39, 0.29) is 19.0 Å². The molecule has 238 valence electrons. The predicted octanol–water partition coefficient (Wildman–Crippen LogP) is 5.59. The van der Waals surface area contributed by atoms with Crippen molar-refractivity contribution >= 4 is 45.8 Å². The van der Waals surface area contributed by atoms with Crippen molar-refractivity contribution in [2.24, 2.45) is 0 Å². The Labute approximate surface area is 272 Å². The van der Waals surface area contributed by atoms with Crippen molar-refractivity contribution in [3.05, 3.63) is 101 Å². The summed E-state index contributed by atoms with van der Waals surface area (Å²) in [7, 11) is 8.36. The van der Waals surface area contributed by atoms with Gasteiger partial charge in [-0.25, -0.2) is 4.68 Å². The lowest BCUT2D eigenvalue weighted by Crippen LogP contribution is -2.42. The maximum atomic E-state index is 14.4. The van der Waals surface area contributed by atoms with Crippen LogP contribution in [-0.4, -0.2) is 67.1 Å². The quantitative estimate of drug-likeness (QED) is 0.188. The minimum atomic E-state index is -1.14. The largest absolute Gasteiger partial charge is 0.493 e. The number of hydrogen-bond donors (Lipinski definition) is 1. The molecule has 1 heterocycles. The van der Waals surface area contributed by atoms with E-state index in [9.17, 15) is 9.59 Å². The Morgan fingerprint density at radius 2 is 1.54 bits per heavy atom. The smallest absolute Gasteiger partial charge is 0.251 e. The van der Waals surface area contributed by atoms with Crippen LogP contribution in [0.2, 0.25) is 5.02 Å². The highest BCUT2D eigenvalue weighted by molar-refractivity contribution is 6.30. The molecule has 1 atom stereocenters. The topological polar surface area (TPSA) is 111 Å². The summed E-state index contributed by atoms with van der Waals surface area (Å²) in [6, 6.07) is 24.1. The SMILES string of the molecule is COc1cc(C(C(=O)Nc2ccc(N(C)C)cc2)N(Cc2ccc(Cl)cc2)C(=O)Cn2nnc3ccccc32)cc(OC)c1OC. The summed E-state index contributed by atoms with van der Waals surface area (Å²) in [6.45, 7) is -0.0865. The van der Waals surface area contributed by atoms with E-state index in [4.69, 9.17) is 25.8 Å². The van der Waals surface area contributed by atoms with Crippen molar-refractivity contribution in [1.29, 1.82) is 0 Å². The van der Waals surface area contributed by atoms with Crippen LogP contribution in [0.15, 0.2) is 84.9 Å². The van der Waals surface area contributed by atoms with Gasteiger partial charge in [0.15, 0.2) is 11.5 Å². The number of nitrogens with one attached hydrogen (secondary N) is 1. The molecular weight excluding hydrogens is 608 g/mol. The minimum absolute atomic E-state index is 0.0803. The number of aromatic nitrogens is 3. The van der Waals surface area contributed by atoms with Crippen LogP contribution < -0.4 is 24.4 Å². The van der Waals surface area contributed by atoms with Gasteiger partial charge in [-0.15, -0.1) is 5.10 Å². The van der Waals surface area contributed by atoms with Crippen LogP contribution in [0, 0.1) is 0 Å². The van der Waals surface area contributed by atoms with Crippen LogP contribution in [0.25, 0.3) is 11.0 Å². The van der Waals surface area contributed by atoms with E-state index in [1.807, 2.05) is 79.7 Å². The molecule has 0 aliphatic heterocycles. The fourth-order valence-corrected chi connectivity index (χ4v) is 5.27. The van der Waals surface area contributed by atoms with Gasteiger partial charge in [0, 0.05) is 37.0 Å². The second kappa shape index (κ2) is 14.2. The summed E-state index contributed by atoms with van der Waals surface area (Å²) in [5.41, 5.74) is 4.09. The van der Waals surface area contributed by atoms with E-state index in [1.54, 1.807) is 24.3 Å². The number of methoxy groups -OCH3 is 3. The van der Waals surface area contributed by atoms with E-state index >= 15 is 0 Å². The Morgan fingerprint density at radius 3 is 2.15 bits per heavy atom. The highest BCUT2D eigenvalue weighted by Gasteiger charge is 2.34. The third-order valence-corrected chi connectivity index (χ3v) is 7.76. The molecule has 5 aromatic rings. The minimum Gasteiger partial charge on any atom is -0.493 e. The fraction of sp³-hybridized carbons (Fsp3) is 0.235. The lowest BCUT2D eigenvalue weighted by atomic mass is 10.0. The standard InChI is InChI=1S/C34H35ClN6O5/c1-39(2)26-16-14-25(15-17-26)36-34(43)32(23-18-29(44-3)33(46-5)30(19-23)45-4)40(20-22-10-12-24(35)13-11-22)31(42)21-41-28-9-7-6-8-27(28)37-38-41/h6-19,32H,20-21H2,1-5H3,(H,36,43). The highest BCUT2D eigenvalue weighted by atomic mass is 35.5. The third-order valence-electron chi connectivity index (χ3n) is 7.51. The van der Waals surface area contributed by atoms with Crippen LogP contribution >= 0.6 is 11.6 Å². The summed E-state index contributed by atoms with van der Waals surface area (Å²) in [6.07, 6.45) is 0. The predicted molar refractivity (Wildman–Crippen MR) is 178 cm³/mol. The first kappa shape index (κ1) is 32.1. The first-order valence-corrected chi connectivity index (χ1v) is 14.8. The molecule has 4 aromatic carbocycles. The summed E-state index contributed by atoms with van der Waals surface area (Å²) in [5, 5.41) is 12.0. The number of para-hydroxylation sites is 1. The van der Waals surface area contributed by atoms with E-state index in [0.717, 1.165) is 11.3 Å². The molecule has 1 N–H and O–H groups in total. The molecule has 0 fully saturated rings. The van der Waals surface area contributed by atoms with Crippen LogP contribution in [-0.2, 0) is 22.7 Å². The Kier molecular flexibility index (Phi) is 9.92. The molecule has 12 heteroatoms. The molecule has 0 saturated carbocycles. The molecule has 46 heavy (non-hydrogen) atoms. The third kappa shape index (κ3) is 7.00. The Balaban J connectivity index is 1.62. The molecule has 1 aromatic heterocycles. The second-order valence-electron chi connectivity index (χ2n) is 10.7. The number of hydrogen-bond acceptors (Lipinski definition) is 8. The number of halogens is 1. The van der Waals surface area contributed by atoms with Crippen LogP contribution in [0.3, 0.4) is 0 Å². The van der Waals surface area contributed by atoms with Crippen molar-refractivity contribution in [3.63, 3.8) is 0 Å². The summed E-state index contributed by atoms with van der Waals surface area (Å²) in [5.74, 6) is 0.217. The van der Waals surface area contributed by atoms with Crippen molar-refractivity contribution < 1.29 is 23.8 Å². The molecule has 0 aliphatic rings. The highest BCUT2D eigenvalue weighted by Crippen LogP contribution is 2.41. The Morgan fingerprint density at radius 1 is 0.891 bits per heavy atom. The number of carbonyl (C=O) groups excluding carboxylic acids is 2. The normalized spacial score (nSPS) is 11.5. The van der Waals surface area contributed by atoms with Crippen LogP contribution in [0.1, 0.15) is 17.2 Å². The van der Waals surface area contributed by atoms with Gasteiger partial charge in [0.1, 0.15) is 18.1 Å². The van der Waals surface area contributed by atoms with E-state index < -0.39 is 11.9 Å². The van der Waals surface area contributed by atoms with Crippen molar-refractivity contribution in [1.82, 2.24) is 19.9 Å². The van der Waals surface area contributed by atoms with Crippen molar-refractivity contribution in [3.8, 4) is 17.2 Å². The van der Waals surface area contributed by atoms with Gasteiger partial charge in [-0.2, -0.15) is 0 Å². The van der Waals surface area contributed by atoms with Gasteiger partial charge in [-0.05, 0) is 71.8 Å². The van der Waals surface area contributed by atoms with Crippen molar-refractivity contribution in [2.75, 3.05) is 45.6 Å². The lowest BCUT2D eigenvalue weighted by molar-refractivity contribution is -0.140. The average molecular weight is 643 g/mol. The number of ether oxygens (including phenoxy) is 3. The van der Waals surface area contributed by atoms with Gasteiger partial charge in [-0.1, -0.05) is 41.1 Å². The number of benzene rings is 4. The maximum absolute atomic E-state index is 14.4. The molecule has 5 rings (SSSR count). The number of carbonyl (C=O) groups is 2. The van der Waals surface area contributed by atoms with E-state index in [2.05, 4.69) is 15.6 Å². The van der Waals surface area contributed by atoms with Crippen LogP contribution in [0.5, 0.6) is 17.2 Å². The second-order valence-corrected chi connectivity index (χ2v) is 11.1. The molecule has 11 nitrogen and oxygen atoms in total. The summed E-state index contributed by atoms with van der Waals surface area (Å²) in [4.78, 5) is 32.3. The zero-order valence-corrected chi connectivity index (χ0v) is 27.0. The molecule has 0 radical (unpaired) electrons. The van der Waals surface area contributed by atoms with Gasteiger partial charge in [-0.3, -0.25) is 9.59 Å². The lowest BCUT2D eigenvalue weighted by Gasteiger charge is -2.32. The average Bonchev–Trinajstić information content (AvgIpc) is 3.47. The molecule has 0 aliphatic carbocycles. The summed E-state index contributed by atoms with van der Waals surface area (Å²) >= 11 is 6.18. The molecule has 2 amide bonds. The molecule has 0 saturated heterocycles. The van der Waals surface area contributed by atoms with Gasteiger partial charge >= 0.3 is 0 Å². The monoisotopic (exact) mass is 642 g/mol. The van der Waals surface area contributed by atoms with Crippen LogP contribution in [0.4, 0.5) is 11.4 Å². The number of anilines is 2. The first-order chi connectivity index (χ1) is 22.2. The molecule has 0 spiro atoms. The number of amides is 2. The van der Waals surface area contributed by atoms with Gasteiger partial charge in [0.05, 0.1) is 26.8 Å². The zero-order valence-electron chi connectivity index (χ0n) is 26.2. The molecular formula is C34H35ClN6O5. The molecule has 0 bridgehead atoms. The van der Waals surface area contributed by atoms with E-state index in [0.29, 0.717) is 44.6 Å². The Hall–Kier alpha value is -5.29. The van der Waals surface area contributed by atoms with E-state index in [1.165, 1.54) is 30.9 Å². The molecule has 1 unspecified atom stereocenters. The zero-order chi connectivity index (χ0) is 32.8. The fourth-order valence-electron chi connectivity index (χ4n) is 5.15. The van der Waals surface area contributed by atoms with Gasteiger partial charge in [0.2, 0.25) is 11.7 Å².